The molecule has 1 fully saturated rings. The molecule has 3 aromatic rings. The van der Waals surface area contributed by atoms with E-state index < -0.39 is 27.9 Å². The second-order valence-corrected chi connectivity index (χ2v) is 10.6. The molecule has 6 nitrogen and oxygen atoms in total. The molecule has 2 heterocycles. The molecule has 1 unspecified atom stereocenters. The number of halogens is 1. The van der Waals surface area contributed by atoms with Crippen LogP contribution >= 0.6 is 22.9 Å². The van der Waals surface area contributed by atoms with E-state index in [1.165, 1.54) is 23.5 Å². The average molecular weight is 475 g/mol. The Morgan fingerprint density at radius 3 is 2.35 bits per heavy atom. The number of amides is 2. The van der Waals surface area contributed by atoms with Crippen LogP contribution in [0.4, 0.5) is 5.69 Å². The van der Waals surface area contributed by atoms with E-state index in [9.17, 15) is 18.0 Å². The predicted octanol–water partition coefficient (Wildman–Crippen LogP) is 4.23. The Balaban J connectivity index is 1.73. The van der Waals surface area contributed by atoms with Gasteiger partial charge in [-0.3, -0.25) is 9.59 Å². The van der Waals surface area contributed by atoms with Crippen LogP contribution in [-0.4, -0.2) is 30.6 Å². The maximum Gasteiger partial charge on any atom is 0.252 e. The molecule has 2 aromatic carbocycles. The topological polar surface area (TPSA) is 74.8 Å². The van der Waals surface area contributed by atoms with Crippen molar-refractivity contribution in [1.82, 2.24) is 4.31 Å². The number of hydrogen-bond acceptors (Lipinski definition) is 5. The number of thiophene rings is 1. The quantitative estimate of drug-likeness (QED) is 0.501. The first kappa shape index (κ1) is 21.7. The van der Waals surface area contributed by atoms with Gasteiger partial charge in [-0.05, 0) is 54.8 Å². The number of nitrogens with zero attached hydrogens (tertiary/aromatic N) is 2. The van der Waals surface area contributed by atoms with Crippen molar-refractivity contribution >= 4 is 50.5 Å². The minimum absolute atomic E-state index is 0.00597. The molecule has 1 aliphatic heterocycles. The van der Waals surface area contributed by atoms with Crippen LogP contribution in [0.2, 0.25) is 5.02 Å². The summed E-state index contributed by atoms with van der Waals surface area (Å²) in [6.45, 7) is 1.87. The van der Waals surface area contributed by atoms with E-state index in [0.29, 0.717) is 10.7 Å². The fourth-order valence-corrected chi connectivity index (χ4v) is 5.94. The summed E-state index contributed by atoms with van der Waals surface area (Å²) < 4.78 is 28.2. The lowest BCUT2D eigenvalue weighted by Crippen LogP contribution is -2.44. The maximum atomic E-state index is 13.5. The van der Waals surface area contributed by atoms with Gasteiger partial charge in [0.2, 0.25) is 15.9 Å². The first-order valence-electron chi connectivity index (χ1n) is 9.50. The summed E-state index contributed by atoms with van der Waals surface area (Å²) in [6, 6.07) is 15.2. The fourth-order valence-electron chi connectivity index (χ4n) is 3.47. The van der Waals surface area contributed by atoms with E-state index in [1.807, 2.05) is 18.4 Å². The fraction of sp³-hybridized carbons (Fsp3) is 0.182. The van der Waals surface area contributed by atoms with E-state index in [0.717, 1.165) is 19.6 Å². The minimum atomic E-state index is -4.03. The lowest BCUT2D eigenvalue weighted by molar-refractivity contribution is -0.122. The van der Waals surface area contributed by atoms with Crippen LogP contribution in [0.1, 0.15) is 16.9 Å². The van der Waals surface area contributed by atoms with Crippen molar-refractivity contribution in [3.63, 3.8) is 0 Å². The summed E-state index contributed by atoms with van der Waals surface area (Å²) >= 11 is 7.31. The number of imide groups is 1. The van der Waals surface area contributed by atoms with Crippen molar-refractivity contribution in [2.75, 3.05) is 4.90 Å². The van der Waals surface area contributed by atoms with Gasteiger partial charge in [0.15, 0.2) is 0 Å². The molecule has 0 bridgehead atoms. The Labute approximate surface area is 189 Å². The average Bonchev–Trinajstić information content (AvgIpc) is 3.35. The molecule has 9 heteroatoms. The number of rotatable bonds is 6. The standard InChI is InChI=1S/C22H19ClN2O4S2/c1-15-4-10-19(11-5-15)31(28,29)24(14-18-3-2-12-30-18)20-13-21(26)25(22(20)27)17-8-6-16(23)7-9-17/h2-12,20H,13-14H2,1H3. The molecule has 0 spiro atoms. The van der Waals surface area contributed by atoms with Crippen LogP contribution in [-0.2, 0) is 26.2 Å². The van der Waals surface area contributed by atoms with Crippen molar-refractivity contribution in [1.29, 1.82) is 0 Å². The van der Waals surface area contributed by atoms with E-state index in [4.69, 9.17) is 11.6 Å². The molecule has 31 heavy (non-hydrogen) atoms. The monoisotopic (exact) mass is 474 g/mol. The number of carbonyl (C=O) groups excluding carboxylic acids is 2. The van der Waals surface area contributed by atoms with Crippen molar-refractivity contribution in [3.8, 4) is 0 Å². The third-order valence-corrected chi connectivity index (χ3v) is 8.06. The first-order chi connectivity index (χ1) is 14.8. The molecule has 2 amide bonds. The lowest BCUT2D eigenvalue weighted by Gasteiger charge is -2.26. The van der Waals surface area contributed by atoms with Gasteiger partial charge >= 0.3 is 0 Å². The minimum Gasteiger partial charge on any atom is -0.274 e. The highest BCUT2D eigenvalue weighted by atomic mass is 35.5. The van der Waals surface area contributed by atoms with Crippen LogP contribution < -0.4 is 4.90 Å². The third-order valence-electron chi connectivity index (χ3n) is 5.07. The lowest BCUT2D eigenvalue weighted by atomic mass is 10.2. The smallest absolute Gasteiger partial charge is 0.252 e. The number of benzene rings is 2. The molecule has 1 saturated heterocycles. The molecular formula is C22H19ClN2O4S2. The number of carbonyl (C=O) groups is 2. The molecule has 0 radical (unpaired) electrons. The van der Waals surface area contributed by atoms with E-state index in [1.54, 1.807) is 42.5 Å². The first-order valence-corrected chi connectivity index (χ1v) is 12.2. The molecule has 160 valence electrons. The zero-order chi connectivity index (χ0) is 22.2. The van der Waals surface area contributed by atoms with Crippen LogP contribution in [0.3, 0.4) is 0 Å². The Bertz CT molecular complexity index is 1210. The van der Waals surface area contributed by atoms with Crippen molar-refractivity contribution in [3.05, 3.63) is 81.5 Å². The normalized spacial score (nSPS) is 17.0. The number of hydrogen-bond donors (Lipinski definition) is 0. The highest BCUT2D eigenvalue weighted by Crippen LogP contribution is 2.31. The van der Waals surface area contributed by atoms with Gasteiger partial charge in [0.05, 0.1) is 17.0 Å². The highest BCUT2D eigenvalue weighted by molar-refractivity contribution is 7.89. The summed E-state index contributed by atoms with van der Waals surface area (Å²) in [5, 5.41) is 2.31. The summed E-state index contributed by atoms with van der Waals surface area (Å²) in [6.07, 6.45) is -0.224. The van der Waals surface area contributed by atoms with Gasteiger partial charge in [-0.25, -0.2) is 13.3 Å². The molecule has 1 aliphatic rings. The van der Waals surface area contributed by atoms with Gasteiger partial charge in [-0.1, -0.05) is 35.4 Å². The number of anilines is 1. The summed E-state index contributed by atoms with van der Waals surface area (Å²) in [7, 11) is -4.03. The number of aryl methyl sites for hydroxylation is 1. The maximum absolute atomic E-state index is 13.5. The third kappa shape index (κ3) is 4.29. The molecular weight excluding hydrogens is 456 g/mol. The molecule has 4 rings (SSSR count). The molecule has 1 atom stereocenters. The molecule has 0 N–H and O–H groups in total. The van der Waals surface area contributed by atoms with Crippen LogP contribution in [0.15, 0.2) is 70.9 Å². The van der Waals surface area contributed by atoms with Crippen LogP contribution in [0.5, 0.6) is 0 Å². The van der Waals surface area contributed by atoms with Gasteiger partial charge in [-0.15, -0.1) is 11.3 Å². The van der Waals surface area contributed by atoms with Gasteiger partial charge in [0.25, 0.3) is 5.91 Å². The van der Waals surface area contributed by atoms with Crippen molar-refractivity contribution in [2.45, 2.75) is 30.8 Å². The predicted molar refractivity (Wildman–Crippen MR) is 121 cm³/mol. The summed E-state index contributed by atoms with van der Waals surface area (Å²) in [5.41, 5.74) is 1.29. The van der Waals surface area contributed by atoms with Crippen LogP contribution in [0, 0.1) is 6.92 Å². The highest BCUT2D eigenvalue weighted by Gasteiger charge is 2.47. The van der Waals surface area contributed by atoms with Crippen molar-refractivity contribution < 1.29 is 18.0 Å². The Kier molecular flexibility index (Phi) is 5.98. The molecule has 0 saturated carbocycles. The molecule has 1 aromatic heterocycles. The number of sulfonamides is 1. The second kappa shape index (κ2) is 8.55. The zero-order valence-corrected chi connectivity index (χ0v) is 19.0. The van der Waals surface area contributed by atoms with Gasteiger partial charge in [0, 0.05) is 16.4 Å². The van der Waals surface area contributed by atoms with Crippen LogP contribution in [0.25, 0.3) is 0 Å². The second-order valence-electron chi connectivity index (χ2n) is 7.21. The zero-order valence-electron chi connectivity index (χ0n) is 16.6. The summed E-state index contributed by atoms with van der Waals surface area (Å²) in [4.78, 5) is 27.9. The van der Waals surface area contributed by atoms with E-state index in [2.05, 4.69) is 0 Å². The van der Waals surface area contributed by atoms with Gasteiger partial charge < -0.3 is 0 Å². The van der Waals surface area contributed by atoms with E-state index >= 15 is 0 Å². The largest absolute Gasteiger partial charge is 0.274 e. The summed E-state index contributed by atoms with van der Waals surface area (Å²) in [5.74, 6) is -1.02. The molecule has 0 aliphatic carbocycles. The van der Waals surface area contributed by atoms with Gasteiger partial charge in [-0.2, -0.15) is 4.31 Å². The Morgan fingerprint density at radius 1 is 1.06 bits per heavy atom. The van der Waals surface area contributed by atoms with Gasteiger partial charge in [0.1, 0.15) is 6.04 Å². The van der Waals surface area contributed by atoms with E-state index in [-0.39, 0.29) is 17.9 Å². The van der Waals surface area contributed by atoms with Crippen molar-refractivity contribution in [2.24, 2.45) is 0 Å². The SMILES string of the molecule is Cc1ccc(S(=O)(=O)N(Cc2cccs2)C2CC(=O)N(c3ccc(Cl)cc3)C2=O)cc1. The Hall–Kier alpha value is -2.52. The Morgan fingerprint density at radius 2 is 1.74 bits per heavy atom.